The lowest BCUT2D eigenvalue weighted by Crippen LogP contribution is -2.39. The molecule has 4 heterocycles. The molecule has 12 heteroatoms. The summed E-state index contributed by atoms with van der Waals surface area (Å²) in [6, 6.07) is 6.38. The number of anilines is 1. The van der Waals surface area contributed by atoms with Crippen molar-refractivity contribution in [3.8, 4) is 11.5 Å². The van der Waals surface area contributed by atoms with Crippen molar-refractivity contribution < 1.29 is 28.2 Å². The number of hydrogen-bond donors (Lipinski definition) is 0. The van der Waals surface area contributed by atoms with Crippen LogP contribution in [0, 0.1) is 0 Å². The largest absolute Gasteiger partial charge is 0.493 e. The van der Waals surface area contributed by atoms with Gasteiger partial charge in [-0.05, 0) is 47.5 Å². The van der Waals surface area contributed by atoms with Crippen LogP contribution in [0.2, 0.25) is 0 Å². The fraction of sp³-hybridized carbons (Fsp3) is 0.370. The number of methoxy groups -OCH3 is 2. The zero-order valence-corrected chi connectivity index (χ0v) is 24.4. The lowest BCUT2D eigenvalue weighted by atomic mass is 9.95. The zero-order valence-electron chi connectivity index (χ0n) is 22.0. The van der Waals surface area contributed by atoms with E-state index in [1.54, 1.807) is 45.2 Å². The monoisotopic (exact) mass is 617 g/mol. The number of esters is 1. The average molecular weight is 619 g/mol. The highest BCUT2D eigenvalue weighted by Gasteiger charge is 2.34. The molecule has 10 nitrogen and oxygen atoms in total. The molecular weight excluding hydrogens is 590 g/mol. The van der Waals surface area contributed by atoms with Gasteiger partial charge in [0.05, 0.1) is 60.4 Å². The van der Waals surface area contributed by atoms with Gasteiger partial charge in [-0.15, -0.1) is 0 Å². The number of aromatic nitrogens is 1. The van der Waals surface area contributed by atoms with E-state index in [2.05, 4.69) is 25.8 Å². The fourth-order valence-electron chi connectivity index (χ4n) is 4.69. The molecule has 1 atom stereocenters. The van der Waals surface area contributed by atoms with Crippen LogP contribution in [0.3, 0.4) is 0 Å². The van der Waals surface area contributed by atoms with E-state index in [-0.39, 0.29) is 12.2 Å². The van der Waals surface area contributed by atoms with Crippen LogP contribution < -0.4 is 29.3 Å². The first-order valence-corrected chi connectivity index (χ1v) is 14.0. The first kappa shape index (κ1) is 27.2. The Kier molecular flexibility index (Phi) is 7.96. The van der Waals surface area contributed by atoms with Gasteiger partial charge in [0.2, 0.25) is 5.88 Å². The maximum Gasteiger partial charge on any atom is 0.338 e. The van der Waals surface area contributed by atoms with Crippen molar-refractivity contribution in [3.05, 3.63) is 71.0 Å². The van der Waals surface area contributed by atoms with E-state index in [1.165, 1.54) is 23.0 Å². The van der Waals surface area contributed by atoms with Crippen molar-refractivity contribution >= 4 is 45.2 Å². The van der Waals surface area contributed by atoms with Gasteiger partial charge in [-0.1, -0.05) is 17.4 Å². The molecule has 206 valence electrons. The number of thiazole rings is 1. The van der Waals surface area contributed by atoms with Crippen LogP contribution >= 0.6 is 27.3 Å². The van der Waals surface area contributed by atoms with E-state index in [0.29, 0.717) is 62.5 Å². The second kappa shape index (κ2) is 11.4. The summed E-state index contributed by atoms with van der Waals surface area (Å²) < 4.78 is 30.6. The van der Waals surface area contributed by atoms with E-state index in [4.69, 9.17) is 23.4 Å². The molecule has 5 rings (SSSR count). The SMILES string of the molecule is CCOC(=O)C1=C(C)N=c2s/c(=C/c3cc(Br)c(N4CCOCC4)o3)c(=O)n2[C@@H]1c1ccc(OC)c(OC)c1. The molecule has 0 N–H and O–H groups in total. The number of carbonyl (C=O) groups excluding carboxylic acids is 1. The van der Waals surface area contributed by atoms with Crippen molar-refractivity contribution in [1.82, 2.24) is 4.57 Å². The Morgan fingerprint density at radius 2 is 1.95 bits per heavy atom. The van der Waals surface area contributed by atoms with Crippen molar-refractivity contribution in [1.29, 1.82) is 0 Å². The Hall–Kier alpha value is -3.35. The molecule has 0 spiro atoms. The Balaban J connectivity index is 1.65. The molecule has 0 radical (unpaired) electrons. The average Bonchev–Trinajstić information content (AvgIpc) is 3.46. The van der Waals surface area contributed by atoms with Gasteiger partial charge in [0.1, 0.15) is 5.76 Å². The molecule has 2 aromatic heterocycles. The predicted octanol–water partition coefficient (Wildman–Crippen LogP) is 3.01. The second-order valence-electron chi connectivity index (χ2n) is 8.82. The Labute approximate surface area is 236 Å². The smallest absolute Gasteiger partial charge is 0.338 e. The van der Waals surface area contributed by atoms with Gasteiger partial charge in [-0.3, -0.25) is 9.36 Å². The Morgan fingerprint density at radius 3 is 2.64 bits per heavy atom. The molecule has 0 saturated carbocycles. The molecule has 0 aliphatic carbocycles. The summed E-state index contributed by atoms with van der Waals surface area (Å²) in [4.78, 5) is 34.2. The molecule has 2 aliphatic rings. The van der Waals surface area contributed by atoms with Crippen molar-refractivity contribution in [2.24, 2.45) is 4.99 Å². The third-order valence-electron chi connectivity index (χ3n) is 6.50. The van der Waals surface area contributed by atoms with E-state index in [1.807, 2.05) is 6.07 Å². The molecule has 1 fully saturated rings. The third-order valence-corrected chi connectivity index (χ3v) is 8.05. The van der Waals surface area contributed by atoms with Crippen LogP contribution in [0.4, 0.5) is 5.88 Å². The summed E-state index contributed by atoms with van der Waals surface area (Å²) in [5.74, 6) is 1.70. The van der Waals surface area contributed by atoms with Gasteiger partial charge in [-0.25, -0.2) is 9.79 Å². The number of hydrogen-bond acceptors (Lipinski definition) is 10. The molecule has 2 aliphatic heterocycles. The summed E-state index contributed by atoms with van der Waals surface area (Å²) in [7, 11) is 3.08. The summed E-state index contributed by atoms with van der Waals surface area (Å²) in [5, 5.41) is 0. The van der Waals surface area contributed by atoms with Crippen molar-refractivity contribution in [2.75, 3.05) is 52.0 Å². The van der Waals surface area contributed by atoms with Crippen molar-refractivity contribution in [3.63, 3.8) is 0 Å². The second-order valence-corrected chi connectivity index (χ2v) is 10.7. The highest BCUT2D eigenvalue weighted by atomic mass is 79.9. The van der Waals surface area contributed by atoms with Crippen LogP contribution in [0.5, 0.6) is 11.5 Å². The van der Waals surface area contributed by atoms with Gasteiger partial charge in [-0.2, -0.15) is 0 Å². The van der Waals surface area contributed by atoms with E-state index >= 15 is 0 Å². The predicted molar refractivity (Wildman–Crippen MR) is 149 cm³/mol. The number of nitrogens with zero attached hydrogens (tertiary/aromatic N) is 3. The number of halogens is 1. The summed E-state index contributed by atoms with van der Waals surface area (Å²) in [6.45, 7) is 6.36. The van der Waals surface area contributed by atoms with Gasteiger partial charge < -0.3 is 28.3 Å². The van der Waals surface area contributed by atoms with Crippen LogP contribution in [-0.4, -0.2) is 57.7 Å². The van der Waals surface area contributed by atoms with E-state index in [9.17, 15) is 9.59 Å². The highest BCUT2D eigenvalue weighted by Crippen LogP contribution is 2.36. The Morgan fingerprint density at radius 1 is 1.21 bits per heavy atom. The van der Waals surface area contributed by atoms with Gasteiger partial charge in [0.25, 0.3) is 5.56 Å². The number of rotatable bonds is 7. The van der Waals surface area contributed by atoms with Crippen LogP contribution in [-0.2, 0) is 14.3 Å². The maximum atomic E-state index is 13.9. The molecule has 3 aromatic rings. The number of carbonyl (C=O) groups is 1. The van der Waals surface area contributed by atoms with Gasteiger partial charge >= 0.3 is 5.97 Å². The molecule has 39 heavy (non-hydrogen) atoms. The third kappa shape index (κ3) is 5.15. The molecule has 0 unspecified atom stereocenters. The minimum atomic E-state index is -0.769. The minimum Gasteiger partial charge on any atom is -0.493 e. The summed E-state index contributed by atoms with van der Waals surface area (Å²) in [6.07, 6.45) is 1.70. The normalized spacial score (nSPS) is 17.6. The fourth-order valence-corrected chi connectivity index (χ4v) is 6.27. The molecular formula is C27H28BrN3O7S. The number of allylic oxidation sites excluding steroid dienone is 1. The molecule has 0 bridgehead atoms. The first-order valence-electron chi connectivity index (χ1n) is 12.4. The summed E-state index contributed by atoms with van der Waals surface area (Å²) >= 11 is 4.81. The lowest BCUT2D eigenvalue weighted by molar-refractivity contribution is -0.139. The minimum absolute atomic E-state index is 0.192. The number of furan rings is 1. The van der Waals surface area contributed by atoms with E-state index in [0.717, 1.165) is 17.6 Å². The van der Waals surface area contributed by atoms with Crippen LogP contribution in [0.1, 0.15) is 31.2 Å². The Bertz CT molecular complexity index is 1610. The first-order chi connectivity index (χ1) is 18.9. The number of fused-ring (bicyclic) bond motifs is 1. The standard InChI is InChI=1S/C27H28BrN3O7S/c1-5-37-26(33)22-15(2)29-27-31(23(22)16-6-7-19(34-3)20(12-16)35-4)24(32)21(39-27)14-17-13-18(28)25(38-17)30-8-10-36-11-9-30/h6-7,12-14,23H,5,8-11H2,1-4H3/b21-14+/t23-/m1/s1. The number of morpholine rings is 1. The van der Waals surface area contributed by atoms with Crippen molar-refractivity contribution in [2.45, 2.75) is 19.9 Å². The zero-order chi connectivity index (χ0) is 27.7. The quantitative estimate of drug-likeness (QED) is 0.373. The van der Waals surface area contributed by atoms with Gasteiger partial charge in [0.15, 0.2) is 16.3 Å². The summed E-state index contributed by atoms with van der Waals surface area (Å²) in [5.41, 5.74) is 1.14. The number of benzene rings is 1. The van der Waals surface area contributed by atoms with Crippen LogP contribution in [0.15, 0.2) is 54.2 Å². The lowest BCUT2D eigenvalue weighted by Gasteiger charge is -2.26. The highest BCUT2D eigenvalue weighted by molar-refractivity contribution is 9.10. The molecule has 1 saturated heterocycles. The number of ether oxygens (including phenoxy) is 4. The maximum absolute atomic E-state index is 13.9. The molecule has 0 amide bonds. The topological polar surface area (TPSA) is 105 Å². The molecule has 1 aromatic carbocycles. The van der Waals surface area contributed by atoms with Crippen LogP contribution in [0.25, 0.3) is 6.08 Å². The van der Waals surface area contributed by atoms with Gasteiger partial charge in [0, 0.05) is 25.2 Å². The van der Waals surface area contributed by atoms with E-state index < -0.39 is 12.0 Å².